The number of aryl methyl sites for hydroxylation is 3. The van der Waals surface area contributed by atoms with E-state index < -0.39 is 8.32 Å². The van der Waals surface area contributed by atoms with Crippen LogP contribution in [0.3, 0.4) is 0 Å². The van der Waals surface area contributed by atoms with E-state index in [0.29, 0.717) is 5.89 Å². The molecular weight excluding hydrogens is 520 g/mol. The van der Waals surface area contributed by atoms with Crippen molar-refractivity contribution in [3.05, 3.63) is 53.8 Å². The smallest absolute Gasteiger partial charge is 0.277 e. The number of carbonyl (C=O) groups is 1. The molecule has 212 valence electrons. The number of benzene rings is 1. The number of piperidine rings is 1. The summed E-state index contributed by atoms with van der Waals surface area (Å²) in [6.07, 6.45) is 5.36. The molecule has 0 atom stereocenters. The molecule has 0 bridgehead atoms. The number of oxazole rings is 1. The Bertz CT molecular complexity index is 1520. The van der Waals surface area contributed by atoms with Crippen LogP contribution in [0.1, 0.15) is 55.5 Å². The predicted octanol–water partition coefficient (Wildman–Crippen LogP) is 6.48. The van der Waals surface area contributed by atoms with E-state index in [1.54, 1.807) is 0 Å². The van der Waals surface area contributed by atoms with Crippen molar-refractivity contribution in [3.63, 3.8) is 0 Å². The number of rotatable bonds is 6. The molecule has 1 aromatic carbocycles. The Balaban J connectivity index is 1.37. The lowest BCUT2D eigenvalue weighted by molar-refractivity contribution is 0.102. The third kappa shape index (κ3) is 5.69. The van der Waals surface area contributed by atoms with Gasteiger partial charge in [0.15, 0.2) is 14.0 Å². The van der Waals surface area contributed by atoms with Gasteiger partial charge in [0.05, 0.1) is 23.1 Å². The molecule has 0 aliphatic carbocycles. The van der Waals surface area contributed by atoms with E-state index in [4.69, 9.17) is 8.84 Å². The number of fused-ring (bicyclic) bond motifs is 1. The van der Waals surface area contributed by atoms with E-state index in [9.17, 15) is 4.79 Å². The Morgan fingerprint density at radius 1 is 1.07 bits per heavy atom. The maximum absolute atomic E-state index is 13.4. The molecule has 1 fully saturated rings. The van der Waals surface area contributed by atoms with Crippen LogP contribution in [0, 0.1) is 13.8 Å². The van der Waals surface area contributed by atoms with Crippen LogP contribution >= 0.6 is 0 Å². The van der Waals surface area contributed by atoms with Gasteiger partial charge in [0.2, 0.25) is 5.89 Å². The van der Waals surface area contributed by atoms with Gasteiger partial charge in [-0.15, -0.1) is 0 Å². The van der Waals surface area contributed by atoms with E-state index >= 15 is 0 Å². The second kappa shape index (κ2) is 10.5. The van der Waals surface area contributed by atoms with Crippen molar-refractivity contribution in [1.82, 2.24) is 19.7 Å². The summed E-state index contributed by atoms with van der Waals surface area (Å²) in [6, 6.07) is 7.90. The SMILES string of the molecule is Cc1cc(-c2nc(C(=O)Nc3cc4cnn(C)c4cc3N3CCC(O[Si](C)(C)C(C)(C)C)CC3)co2)cc(C)n1. The van der Waals surface area contributed by atoms with Crippen LogP contribution in [0.15, 0.2) is 41.1 Å². The van der Waals surface area contributed by atoms with Gasteiger partial charge in [-0.2, -0.15) is 5.10 Å². The molecule has 1 saturated heterocycles. The van der Waals surface area contributed by atoms with Gasteiger partial charge in [-0.1, -0.05) is 20.8 Å². The molecule has 4 heterocycles. The summed E-state index contributed by atoms with van der Waals surface area (Å²) in [6.45, 7) is 17.0. The second-order valence-corrected chi connectivity index (χ2v) is 17.1. The van der Waals surface area contributed by atoms with Crippen LogP contribution < -0.4 is 10.2 Å². The van der Waals surface area contributed by atoms with Crippen LogP contribution in [0.5, 0.6) is 0 Å². The number of carbonyl (C=O) groups excluding carboxylic acids is 1. The second-order valence-electron chi connectivity index (χ2n) is 12.4. The predicted molar refractivity (Wildman–Crippen MR) is 161 cm³/mol. The molecule has 1 amide bonds. The van der Waals surface area contributed by atoms with E-state index in [1.165, 1.54) is 6.26 Å². The number of amides is 1. The first kappa shape index (κ1) is 28.0. The molecule has 0 radical (unpaired) electrons. The third-order valence-electron chi connectivity index (χ3n) is 8.23. The maximum atomic E-state index is 13.4. The summed E-state index contributed by atoms with van der Waals surface area (Å²) in [7, 11) is 0.0997. The first-order valence-corrected chi connectivity index (χ1v) is 16.8. The van der Waals surface area contributed by atoms with Gasteiger partial charge in [-0.25, -0.2) is 4.98 Å². The molecule has 1 aliphatic heterocycles. The highest BCUT2D eigenvalue weighted by atomic mass is 28.4. The fourth-order valence-electron chi connectivity index (χ4n) is 5.01. The van der Waals surface area contributed by atoms with Crippen LogP contribution in [-0.4, -0.2) is 53.2 Å². The molecule has 10 heteroatoms. The summed E-state index contributed by atoms with van der Waals surface area (Å²) >= 11 is 0. The molecule has 5 rings (SSSR count). The highest BCUT2D eigenvalue weighted by molar-refractivity contribution is 6.74. The van der Waals surface area contributed by atoms with Crippen molar-refractivity contribution in [2.75, 3.05) is 23.3 Å². The van der Waals surface area contributed by atoms with E-state index in [2.05, 4.69) is 65.2 Å². The number of hydrogen-bond donors (Lipinski definition) is 1. The normalized spacial score (nSPS) is 15.2. The van der Waals surface area contributed by atoms with Crippen molar-refractivity contribution in [2.45, 2.75) is 71.7 Å². The number of pyridine rings is 1. The summed E-state index contributed by atoms with van der Waals surface area (Å²) in [5.74, 6) is 0.0728. The molecule has 0 saturated carbocycles. The van der Waals surface area contributed by atoms with Crippen molar-refractivity contribution >= 4 is 36.5 Å². The average Bonchev–Trinajstić information content (AvgIpc) is 3.50. The lowest BCUT2D eigenvalue weighted by Crippen LogP contribution is -2.47. The summed E-state index contributed by atoms with van der Waals surface area (Å²) < 4.78 is 14.3. The Kier molecular flexibility index (Phi) is 7.34. The van der Waals surface area contributed by atoms with Gasteiger partial charge in [0, 0.05) is 48.6 Å². The minimum atomic E-state index is -1.83. The minimum Gasteiger partial charge on any atom is -0.444 e. The van der Waals surface area contributed by atoms with Crippen LogP contribution in [0.2, 0.25) is 18.1 Å². The van der Waals surface area contributed by atoms with Crippen molar-refractivity contribution in [3.8, 4) is 11.5 Å². The van der Waals surface area contributed by atoms with Gasteiger partial charge < -0.3 is 19.1 Å². The molecule has 1 N–H and O–H groups in total. The van der Waals surface area contributed by atoms with Gasteiger partial charge in [-0.05, 0) is 69.1 Å². The number of anilines is 2. The Hall–Kier alpha value is -3.50. The lowest BCUT2D eigenvalue weighted by atomic mass is 10.1. The molecule has 3 aromatic heterocycles. The van der Waals surface area contributed by atoms with Crippen molar-refractivity contribution < 1.29 is 13.6 Å². The largest absolute Gasteiger partial charge is 0.444 e. The summed E-state index contributed by atoms with van der Waals surface area (Å²) in [5, 5.41) is 8.67. The fourth-order valence-corrected chi connectivity index (χ4v) is 6.44. The minimum absolute atomic E-state index is 0.183. The number of nitrogens with one attached hydrogen (secondary N) is 1. The molecule has 4 aromatic rings. The highest BCUT2D eigenvalue weighted by Crippen LogP contribution is 2.39. The topological polar surface area (TPSA) is 98.3 Å². The van der Waals surface area contributed by atoms with Crippen molar-refractivity contribution in [1.29, 1.82) is 0 Å². The van der Waals surface area contributed by atoms with Crippen LogP contribution in [-0.2, 0) is 11.5 Å². The zero-order chi connectivity index (χ0) is 28.8. The maximum Gasteiger partial charge on any atom is 0.277 e. The molecule has 0 unspecified atom stereocenters. The van der Waals surface area contributed by atoms with Gasteiger partial charge in [0.1, 0.15) is 6.26 Å². The average molecular weight is 561 g/mol. The van der Waals surface area contributed by atoms with Gasteiger partial charge >= 0.3 is 0 Å². The van der Waals surface area contributed by atoms with Crippen molar-refractivity contribution in [2.24, 2.45) is 7.05 Å². The van der Waals surface area contributed by atoms with E-state index in [0.717, 1.165) is 65.2 Å². The molecular formula is C30H40N6O3Si. The summed E-state index contributed by atoms with van der Waals surface area (Å²) in [5.41, 5.74) is 5.47. The quantitative estimate of drug-likeness (QED) is 0.269. The molecule has 1 aliphatic rings. The summed E-state index contributed by atoms with van der Waals surface area (Å²) in [4.78, 5) is 24.6. The highest BCUT2D eigenvalue weighted by Gasteiger charge is 2.39. The number of hydrogen-bond acceptors (Lipinski definition) is 7. The Labute approximate surface area is 237 Å². The zero-order valence-corrected chi connectivity index (χ0v) is 25.8. The van der Waals surface area contributed by atoms with Gasteiger partial charge in [0.25, 0.3) is 5.91 Å². The monoisotopic (exact) mass is 560 g/mol. The zero-order valence-electron chi connectivity index (χ0n) is 24.8. The lowest BCUT2D eigenvalue weighted by Gasteiger charge is -2.42. The Morgan fingerprint density at radius 3 is 2.40 bits per heavy atom. The van der Waals surface area contributed by atoms with Crippen LogP contribution in [0.4, 0.5) is 11.4 Å². The Morgan fingerprint density at radius 2 is 1.75 bits per heavy atom. The van der Waals surface area contributed by atoms with E-state index in [1.807, 2.05) is 50.0 Å². The van der Waals surface area contributed by atoms with Gasteiger partial charge in [-0.3, -0.25) is 14.5 Å². The molecule has 0 spiro atoms. The third-order valence-corrected chi connectivity index (χ3v) is 12.8. The number of nitrogens with zero attached hydrogens (tertiary/aromatic N) is 5. The first-order valence-electron chi connectivity index (χ1n) is 13.9. The standard InChI is InChI=1S/C30H40N6O3Si/c1-19-13-21(14-20(2)32-19)29-34-25(18-38-29)28(37)33-24-15-22-17-31-35(6)26(22)16-27(24)36-11-9-23(10-12-36)39-40(7,8)30(3,4)5/h13-18,23H,9-12H2,1-8H3,(H,33,37). The first-order chi connectivity index (χ1) is 18.8. The fraction of sp³-hybridized carbons (Fsp3) is 0.467. The van der Waals surface area contributed by atoms with Crippen LogP contribution in [0.25, 0.3) is 22.4 Å². The molecule has 9 nitrogen and oxygen atoms in total. The number of aromatic nitrogens is 4. The van der Waals surface area contributed by atoms with E-state index in [-0.39, 0.29) is 22.7 Å². The molecule has 40 heavy (non-hydrogen) atoms.